The number of rotatable bonds is 5. The molecule has 0 saturated heterocycles. The van der Waals surface area contributed by atoms with Crippen molar-refractivity contribution in [3.63, 3.8) is 0 Å². The van der Waals surface area contributed by atoms with Crippen LogP contribution < -0.4 is 4.74 Å². The van der Waals surface area contributed by atoms with E-state index in [2.05, 4.69) is 17.1 Å². The monoisotopic (exact) mass is 259 g/mol. The second-order valence-electron chi connectivity index (χ2n) is 5.21. The van der Waals surface area contributed by atoms with E-state index in [1.165, 1.54) is 24.8 Å². The van der Waals surface area contributed by atoms with E-state index in [1.807, 2.05) is 19.1 Å². The van der Waals surface area contributed by atoms with Gasteiger partial charge in [-0.25, -0.2) is 9.79 Å². The number of hydrogen-bond donors (Lipinski definition) is 0. The molecule has 0 N–H and O–H groups in total. The summed E-state index contributed by atoms with van der Waals surface area (Å²) in [5, 5.41) is 0. The topological polar surface area (TPSA) is 38.7 Å². The maximum atomic E-state index is 10.4. The smallest absolute Gasteiger partial charge is 0.234 e. The SMILES string of the molecule is CCOc1ccc(C2(CN=C=O)CCCCC2)cc1. The lowest BCUT2D eigenvalue weighted by Gasteiger charge is -2.36. The zero-order chi connectivity index (χ0) is 13.6. The van der Waals surface area contributed by atoms with Gasteiger partial charge >= 0.3 is 0 Å². The van der Waals surface area contributed by atoms with Crippen LogP contribution in [-0.2, 0) is 10.2 Å². The van der Waals surface area contributed by atoms with Crippen LogP contribution in [0.1, 0.15) is 44.6 Å². The minimum absolute atomic E-state index is 0.0282. The highest BCUT2D eigenvalue weighted by Crippen LogP contribution is 2.40. The molecule has 1 aliphatic carbocycles. The summed E-state index contributed by atoms with van der Waals surface area (Å²) in [5.74, 6) is 0.899. The summed E-state index contributed by atoms with van der Waals surface area (Å²) in [6.45, 7) is 3.22. The first-order chi connectivity index (χ1) is 9.30. The lowest BCUT2D eigenvalue weighted by atomic mass is 9.69. The van der Waals surface area contributed by atoms with Crippen LogP contribution in [-0.4, -0.2) is 19.2 Å². The molecule has 0 bridgehead atoms. The molecular weight excluding hydrogens is 238 g/mol. The van der Waals surface area contributed by atoms with Gasteiger partial charge in [-0.3, -0.25) is 0 Å². The molecule has 102 valence electrons. The van der Waals surface area contributed by atoms with Crippen molar-refractivity contribution in [3.05, 3.63) is 29.8 Å². The molecule has 0 spiro atoms. The number of nitrogens with zero attached hydrogens (tertiary/aromatic N) is 1. The second-order valence-corrected chi connectivity index (χ2v) is 5.21. The summed E-state index contributed by atoms with van der Waals surface area (Å²) >= 11 is 0. The molecule has 0 atom stereocenters. The summed E-state index contributed by atoms with van der Waals surface area (Å²) in [7, 11) is 0. The summed E-state index contributed by atoms with van der Waals surface area (Å²) in [6.07, 6.45) is 7.60. The van der Waals surface area contributed by atoms with Crippen molar-refractivity contribution in [1.82, 2.24) is 0 Å². The quantitative estimate of drug-likeness (QED) is 0.598. The number of carbonyl (C=O) groups excluding carboxylic acids is 1. The third-order valence-corrected chi connectivity index (χ3v) is 4.03. The molecule has 1 aromatic carbocycles. The number of aliphatic imine (C=N–C) groups is 1. The fourth-order valence-corrected chi connectivity index (χ4v) is 3.02. The van der Waals surface area contributed by atoms with Crippen molar-refractivity contribution in [2.24, 2.45) is 4.99 Å². The number of benzene rings is 1. The van der Waals surface area contributed by atoms with Gasteiger partial charge in [-0.05, 0) is 37.5 Å². The van der Waals surface area contributed by atoms with Crippen molar-refractivity contribution >= 4 is 6.08 Å². The van der Waals surface area contributed by atoms with E-state index < -0.39 is 0 Å². The highest BCUT2D eigenvalue weighted by atomic mass is 16.5. The van der Waals surface area contributed by atoms with Crippen molar-refractivity contribution in [1.29, 1.82) is 0 Å². The minimum atomic E-state index is 0.0282. The number of isocyanates is 1. The maximum Gasteiger partial charge on any atom is 0.234 e. The van der Waals surface area contributed by atoms with Crippen LogP contribution >= 0.6 is 0 Å². The Morgan fingerprint density at radius 1 is 1.21 bits per heavy atom. The van der Waals surface area contributed by atoms with Crippen LogP contribution in [0, 0.1) is 0 Å². The van der Waals surface area contributed by atoms with Gasteiger partial charge in [0, 0.05) is 5.41 Å². The van der Waals surface area contributed by atoms with Crippen molar-refractivity contribution in [2.75, 3.05) is 13.2 Å². The molecule has 0 amide bonds. The Balaban J connectivity index is 2.23. The third kappa shape index (κ3) is 3.24. The first-order valence-electron chi connectivity index (χ1n) is 7.08. The van der Waals surface area contributed by atoms with E-state index >= 15 is 0 Å². The van der Waals surface area contributed by atoms with E-state index in [-0.39, 0.29) is 5.41 Å². The first kappa shape index (κ1) is 13.8. The van der Waals surface area contributed by atoms with Crippen LogP contribution in [0.5, 0.6) is 5.75 Å². The van der Waals surface area contributed by atoms with Crippen molar-refractivity contribution in [3.8, 4) is 5.75 Å². The van der Waals surface area contributed by atoms with Crippen molar-refractivity contribution < 1.29 is 9.53 Å². The van der Waals surface area contributed by atoms with Gasteiger partial charge in [0.15, 0.2) is 0 Å². The Kier molecular flexibility index (Phi) is 4.75. The van der Waals surface area contributed by atoms with Gasteiger partial charge in [0.05, 0.1) is 13.2 Å². The van der Waals surface area contributed by atoms with Crippen LogP contribution in [0.2, 0.25) is 0 Å². The van der Waals surface area contributed by atoms with Crippen molar-refractivity contribution in [2.45, 2.75) is 44.4 Å². The van der Waals surface area contributed by atoms with Gasteiger partial charge in [0.2, 0.25) is 6.08 Å². The van der Waals surface area contributed by atoms with E-state index in [4.69, 9.17) is 4.74 Å². The van der Waals surface area contributed by atoms with Crippen LogP contribution in [0.15, 0.2) is 29.3 Å². The predicted molar refractivity (Wildman–Crippen MR) is 75.4 cm³/mol. The normalized spacial score (nSPS) is 17.5. The number of hydrogen-bond acceptors (Lipinski definition) is 3. The third-order valence-electron chi connectivity index (χ3n) is 4.03. The zero-order valence-corrected chi connectivity index (χ0v) is 11.5. The zero-order valence-electron chi connectivity index (χ0n) is 11.5. The van der Waals surface area contributed by atoms with Crippen LogP contribution in [0.25, 0.3) is 0 Å². The molecular formula is C16H21NO2. The molecule has 2 rings (SSSR count). The van der Waals surface area contributed by atoms with E-state index in [0.29, 0.717) is 13.2 Å². The summed E-state index contributed by atoms with van der Waals surface area (Å²) in [6, 6.07) is 8.27. The van der Waals surface area contributed by atoms with Gasteiger partial charge in [-0.2, -0.15) is 0 Å². The van der Waals surface area contributed by atoms with Gasteiger partial charge in [0.25, 0.3) is 0 Å². The highest BCUT2D eigenvalue weighted by molar-refractivity contribution is 5.36. The molecule has 0 aromatic heterocycles. The average molecular weight is 259 g/mol. The van der Waals surface area contributed by atoms with Gasteiger partial charge < -0.3 is 4.74 Å². The Bertz CT molecular complexity index is 440. The molecule has 1 aromatic rings. The molecule has 0 unspecified atom stereocenters. The Morgan fingerprint density at radius 3 is 2.47 bits per heavy atom. The van der Waals surface area contributed by atoms with E-state index in [9.17, 15) is 4.79 Å². The molecule has 3 heteroatoms. The fourth-order valence-electron chi connectivity index (χ4n) is 3.02. The highest BCUT2D eigenvalue weighted by Gasteiger charge is 2.33. The molecule has 0 aliphatic heterocycles. The van der Waals surface area contributed by atoms with Crippen LogP contribution in [0.3, 0.4) is 0 Å². The van der Waals surface area contributed by atoms with Gasteiger partial charge in [-0.15, -0.1) is 0 Å². The minimum Gasteiger partial charge on any atom is -0.494 e. The number of ether oxygens (including phenoxy) is 1. The average Bonchev–Trinajstić information content (AvgIpc) is 2.47. The van der Waals surface area contributed by atoms with E-state index in [0.717, 1.165) is 18.6 Å². The summed E-state index contributed by atoms with van der Waals surface area (Å²) in [5.41, 5.74) is 1.30. The second kappa shape index (κ2) is 6.53. The maximum absolute atomic E-state index is 10.4. The summed E-state index contributed by atoms with van der Waals surface area (Å²) < 4.78 is 5.48. The van der Waals surface area contributed by atoms with Gasteiger partial charge in [-0.1, -0.05) is 31.4 Å². The summed E-state index contributed by atoms with van der Waals surface area (Å²) in [4.78, 5) is 14.3. The Hall–Kier alpha value is -1.60. The lowest BCUT2D eigenvalue weighted by Crippen LogP contribution is -2.32. The molecule has 0 heterocycles. The Labute approximate surface area is 114 Å². The van der Waals surface area contributed by atoms with Crippen LogP contribution in [0.4, 0.5) is 0 Å². The lowest BCUT2D eigenvalue weighted by molar-refractivity contribution is 0.300. The molecule has 1 saturated carbocycles. The molecule has 1 aliphatic rings. The fraction of sp³-hybridized carbons (Fsp3) is 0.562. The standard InChI is InChI=1S/C16H21NO2/c1-2-19-15-8-6-14(7-9-15)16(12-17-13-18)10-4-3-5-11-16/h6-9H,2-5,10-12H2,1H3. The first-order valence-corrected chi connectivity index (χ1v) is 7.08. The molecule has 1 fully saturated rings. The Morgan fingerprint density at radius 2 is 1.89 bits per heavy atom. The molecule has 19 heavy (non-hydrogen) atoms. The largest absolute Gasteiger partial charge is 0.494 e. The predicted octanol–water partition coefficient (Wildman–Crippen LogP) is 3.62. The van der Waals surface area contributed by atoms with Gasteiger partial charge in [0.1, 0.15) is 5.75 Å². The van der Waals surface area contributed by atoms with E-state index in [1.54, 1.807) is 6.08 Å². The molecule has 0 radical (unpaired) electrons. The molecule has 3 nitrogen and oxygen atoms in total.